The molecule has 1 amide bonds. The highest BCUT2D eigenvalue weighted by molar-refractivity contribution is 5.95. The van der Waals surface area contributed by atoms with E-state index >= 15 is 0 Å². The van der Waals surface area contributed by atoms with Gasteiger partial charge in [-0.1, -0.05) is 12.1 Å². The van der Waals surface area contributed by atoms with Gasteiger partial charge >= 0.3 is 0 Å². The summed E-state index contributed by atoms with van der Waals surface area (Å²) in [6.45, 7) is 4.09. The predicted octanol–water partition coefficient (Wildman–Crippen LogP) is 3.56. The van der Waals surface area contributed by atoms with Gasteiger partial charge in [0.25, 0.3) is 5.91 Å². The monoisotopic (exact) mass is 333 g/mol. The second-order valence-electron chi connectivity index (χ2n) is 5.76. The Morgan fingerprint density at radius 2 is 1.64 bits per heavy atom. The summed E-state index contributed by atoms with van der Waals surface area (Å²) in [4.78, 5) is 12.2. The molecule has 1 heterocycles. The van der Waals surface area contributed by atoms with Crippen LogP contribution >= 0.6 is 0 Å². The van der Waals surface area contributed by atoms with Gasteiger partial charge in [0, 0.05) is 28.2 Å². The van der Waals surface area contributed by atoms with Crippen LogP contribution in [-0.4, -0.2) is 21.8 Å². The van der Waals surface area contributed by atoms with E-state index in [0.29, 0.717) is 11.1 Å². The topological polar surface area (TPSA) is 66.6 Å². The molecule has 0 unspecified atom stereocenters. The SMILES string of the molecule is Cc1ccc(C)n1-c1ccc(C(=O)N/N=C/c2ccccc2O)cc1. The number of phenolic OH excluding ortho intramolecular Hbond substituents is 1. The Hall–Kier alpha value is -3.34. The fraction of sp³-hybridized carbons (Fsp3) is 0.100. The van der Waals surface area contributed by atoms with Crippen LogP contribution in [0.1, 0.15) is 27.3 Å². The third-order valence-electron chi connectivity index (χ3n) is 3.97. The number of hydrogen-bond acceptors (Lipinski definition) is 3. The Morgan fingerprint density at radius 3 is 2.28 bits per heavy atom. The summed E-state index contributed by atoms with van der Waals surface area (Å²) in [6.07, 6.45) is 1.41. The smallest absolute Gasteiger partial charge is 0.271 e. The lowest BCUT2D eigenvalue weighted by Crippen LogP contribution is -2.17. The molecule has 126 valence electrons. The maximum absolute atomic E-state index is 12.2. The Kier molecular flexibility index (Phi) is 4.66. The molecular formula is C20H19N3O2. The first kappa shape index (κ1) is 16.5. The molecule has 0 atom stereocenters. The van der Waals surface area contributed by atoms with Crippen molar-refractivity contribution in [3.8, 4) is 11.4 Å². The third-order valence-corrected chi connectivity index (χ3v) is 3.97. The number of aromatic hydroxyl groups is 1. The molecule has 5 heteroatoms. The lowest BCUT2D eigenvalue weighted by molar-refractivity contribution is 0.0955. The molecule has 0 aliphatic heterocycles. The number of aromatic nitrogens is 1. The van der Waals surface area contributed by atoms with E-state index in [-0.39, 0.29) is 11.7 Å². The van der Waals surface area contributed by atoms with Crippen LogP contribution < -0.4 is 5.43 Å². The van der Waals surface area contributed by atoms with Crippen LogP contribution in [0, 0.1) is 13.8 Å². The third kappa shape index (κ3) is 3.61. The molecule has 0 fully saturated rings. The van der Waals surface area contributed by atoms with Crippen LogP contribution in [0.5, 0.6) is 5.75 Å². The zero-order valence-electron chi connectivity index (χ0n) is 14.1. The number of phenols is 1. The highest BCUT2D eigenvalue weighted by Crippen LogP contribution is 2.17. The Bertz CT molecular complexity index is 905. The quantitative estimate of drug-likeness (QED) is 0.566. The zero-order chi connectivity index (χ0) is 17.8. The average molecular weight is 333 g/mol. The van der Waals surface area contributed by atoms with E-state index in [0.717, 1.165) is 17.1 Å². The Balaban J connectivity index is 1.70. The molecule has 25 heavy (non-hydrogen) atoms. The van der Waals surface area contributed by atoms with Gasteiger partial charge in [0.1, 0.15) is 5.75 Å². The zero-order valence-corrected chi connectivity index (χ0v) is 14.1. The number of amides is 1. The normalized spacial score (nSPS) is 11.0. The average Bonchev–Trinajstić information content (AvgIpc) is 2.95. The van der Waals surface area contributed by atoms with E-state index in [9.17, 15) is 9.90 Å². The van der Waals surface area contributed by atoms with Gasteiger partial charge in [-0.25, -0.2) is 5.43 Å². The predicted molar refractivity (Wildman–Crippen MR) is 98.4 cm³/mol. The van der Waals surface area contributed by atoms with Crippen LogP contribution in [0.3, 0.4) is 0 Å². The number of carbonyl (C=O) groups is 1. The minimum absolute atomic E-state index is 0.113. The molecule has 2 aromatic carbocycles. The molecular weight excluding hydrogens is 314 g/mol. The van der Waals surface area contributed by atoms with Gasteiger partial charge in [-0.15, -0.1) is 0 Å². The summed E-state index contributed by atoms with van der Waals surface area (Å²) in [7, 11) is 0. The van der Waals surface area contributed by atoms with Crippen LogP contribution in [0.25, 0.3) is 5.69 Å². The number of nitrogens with zero attached hydrogens (tertiary/aromatic N) is 2. The minimum Gasteiger partial charge on any atom is -0.507 e. The Morgan fingerprint density at radius 1 is 1.00 bits per heavy atom. The highest BCUT2D eigenvalue weighted by atomic mass is 16.3. The molecule has 2 N–H and O–H groups in total. The summed E-state index contributed by atoms with van der Waals surface area (Å²) in [5.41, 5.74) is 6.81. The molecule has 3 aromatic rings. The van der Waals surface area contributed by atoms with Gasteiger partial charge in [0.2, 0.25) is 0 Å². The van der Waals surface area contributed by atoms with Crippen molar-refractivity contribution in [2.45, 2.75) is 13.8 Å². The summed E-state index contributed by atoms with van der Waals surface area (Å²) < 4.78 is 2.12. The number of para-hydroxylation sites is 1. The molecule has 0 radical (unpaired) electrons. The molecule has 0 aliphatic carbocycles. The number of benzene rings is 2. The summed E-state index contributed by atoms with van der Waals surface area (Å²) >= 11 is 0. The van der Waals surface area contributed by atoms with Gasteiger partial charge in [-0.05, 0) is 62.4 Å². The molecule has 5 nitrogen and oxygen atoms in total. The molecule has 3 rings (SSSR count). The van der Waals surface area contributed by atoms with Crippen molar-refractivity contribution in [3.63, 3.8) is 0 Å². The largest absolute Gasteiger partial charge is 0.507 e. The first-order valence-corrected chi connectivity index (χ1v) is 7.93. The molecule has 0 bridgehead atoms. The van der Waals surface area contributed by atoms with Crippen molar-refractivity contribution in [1.29, 1.82) is 0 Å². The van der Waals surface area contributed by atoms with Crippen LogP contribution in [0.15, 0.2) is 65.8 Å². The van der Waals surface area contributed by atoms with E-state index < -0.39 is 0 Å². The number of carbonyl (C=O) groups excluding carboxylic acids is 1. The van der Waals surface area contributed by atoms with Crippen molar-refractivity contribution in [2.75, 3.05) is 0 Å². The van der Waals surface area contributed by atoms with Gasteiger partial charge in [-0.2, -0.15) is 5.10 Å². The lowest BCUT2D eigenvalue weighted by Gasteiger charge is -2.10. The Labute approximate surface area is 146 Å². The van der Waals surface area contributed by atoms with Crippen molar-refractivity contribution >= 4 is 12.1 Å². The van der Waals surface area contributed by atoms with E-state index in [2.05, 4.69) is 27.2 Å². The molecule has 0 saturated carbocycles. The molecule has 0 aliphatic rings. The maximum Gasteiger partial charge on any atom is 0.271 e. The van der Waals surface area contributed by atoms with Gasteiger partial charge in [-0.3, -0.25) is 4.79 Å². The molecule has 1 aromatic heterocycles. The summed E-state index contributed by atoms with van der Waals surface area (Å²) in [5.74, 6) is -0.193. The highest BCUT2D eigenvalue weighted by Gasteiger charge is 2.07. The maximum atomic E-state index is 12.2. The first-order valence-electron chi connectivity index (χ1n) is 7.93. The first-order chi connectivity index (χ1) is 12.1. The van der Waals surface area contributed by atoms with Gasteiger partial charge in [0.15, 0.2) is 0 Å². The van der Waals surface area contributed by atoms with Crippen LogP contribution in [0.4, 0.5) is 0 Å². The lowest BCUT2D eigenvalue weighted by atomic mass is 10.2. The number of hydrazone groups is 1. The molecule has 0 spiro atoms. The number of rotatable bonds is 4. The van der Waals surface area contributed by atoms with E-state index in [1.54, 1.807) is 36.4 Å². The fourth-order valence-electron chi connectivity index (χ4n) is 2.66. The van der Waals surface area contributed by atoms with E-state index in [4.69, 9.17) is 0 Å². The summed E-state index contributed by atoms with van der Waals surface area (Å²) in [6, 6.07) is 18.2. The minimum atomic E-state index is -0.306. The number of aryl methyl sites for hydroxylation is 2. The fourth-order valence-corrected chi connectivity index (χ4v) is 2.66. The van der Waals surface area contributed by atoms with E-state index in [1.807, 2.05) is 26.0 Å². The van der Waals surface area contributed by atoms with Crippen LogP contribution in [0.2, 0.25) is 0 Å². The van der Waals surface area contributed by atoms with Crippen molar-refractivity contribution in [3.05, 3.63) is 83.2 Å². The van der Waals surface area contributed by atoms with E-state index in [1.165, 1.54) is 6.21 Å². The number of hydrogen-bond donors (Lipinski definition) is 2. The van der Waals surface area contributed by atoms with Gasteiger partial charge in [0.05, 0.1) is 6.21 Å². The van der Waals surface area contributed by atoms with Crippen molar-refractivity contribution < 1.29 is 9.90 Å². The van der Waals surface area contributed by atoms with Crippen molar-refractivity contribution in [1.82, 2.24) is 9.99 Å². The molecule has 0 saturated heterocycles. The van der Waals surface area contributed by atoms with Gasteiger partial charge < -0.3 is 9.67 Å². The second kappa shape index (κ2) is 7.05. The van der Waals surface area contributed by atoms with Crippen molar-refractivity contribution in [2.24, 2.45) is 5.10 Å². The van der Waals surface area contributed by atoms with Crippen LogP contribution in [-0.2, 0) is 0 Å². The summed E-state index contributed by atoms with van der Waals surface area (Å²) in [5, 5.41) is 13.5. The standard InChI is InChI=1S/C20H19N3O2/c1-14-7-8-15(2)23(14)18-11-9-16(10-12-18)20(25)22-21-13-17-5-3-4-6-19(17)24/h3-13,24H,1-2H3,(H,22,25)/b21-13+. The number of nitrogens with one attached hydrogen (secondary N) is 1. The second-order valence-corrected chi connectivity index (χ2v) is 5.76.